The Morgan fingerprint density at radius 2 is 1.45 bits per heavy atom. The summed E-state index contributed by atoms with van der Waals surface area (Å²) in [6.45, 7) is 1.49. The SMILES string of the molecule is CCCCCCCCCCCCCCC(O)COC1=C(O)C(=O)O[C@@H]1[C@@H](O)CO. The number of carbonyl (C=O) groups is 1. The predicted octanol–water partition coefficient (Wildman–Crippen LogP) is 3.50. The van der Waals surface area contributed by atoms with Gasteiger partial charge in [0.25, 0.3) is 0 Å². The first-order chi connectivity index (χ1) is 14.0. The third-order valence-electron chi connectivity index (χ3n) is 5.28. The maximum Gasteiger partial charge on any atom is 0.378 e. The molecule has 29 heavy (non-hydrogen) atoms. The Morgan fingerprint density at radius 1 is 0.931 bits per heavy atom. The van der Waals surface area contributed by atoms with Crippen molar-refractivity contribution in [3.8, 4) is 0 Å². The van der Waals surface area contributed by atoms with Crippen LogP contribution in [0, 0.1) is 0 Å². The minimum Gasteiger partial charge on any atom is -0.499 e. The number of aliphatic hydroxyl groups is 4. The highest BCUT2D eigenvalue weighted by Crippen LogP contribution is 2.25. The van der Waals surface area contributed by atoms with Crippen molar-refractivity contribution in [3.63, 3.8) is 0 Å². The Hall–Kier alpha value is -1.31. The standard InChI is InChI=1S/C22H40O7/c1-2-3-4-5-6-7-8-9-10-11-12-13-14-17(24)16-28-21-19(26)22(27)29-20(21)18(25)15-23/h17-18,20,23-26H,2-16H2,1H3/t17?,18-,20+/m0/s1. The van der Waals surface area contributed by atoms with Crippen LogP contribution in [0.3, 0.4) is 0 Å². The van der Waals surface area contributed by atoms with Crippen molar-refractivity contribution >= 4 is 5.97 Å². The number of carbonyl (C=O) groups excluding carboxylic acids is 1. The van der Waals surface area contributed by atoms with E-state index in [1.807, 2.05) is 0 Å². The van der Waals surface area contributed by atoms with Gasteiger partial charge in [-0.3, -0.25) is 0 Å². The molecule has 1 aliphatic rings. The smallest absolute Gasteiger partial charge is 0.378 e. The summed E-state index contributed by atoms with van der Waals surface area (Å²) in [4.78, 5) is 11.4. The summed E-state index contributed by atoms with van der Waals surface area (Å²) in [5.74, 6) is -1.96. The maximum absolute atomic E-state index is 11.4. The van der Waals surface area contributed by atoms with E-state index in [1.54, 1.807) is 0 Å². The molecule has 0 aromatic rings. The molecule has 1 heterocycles. The van der Waals surface area contributed by atoms with Crippen LogP contribution in [0.5, 0.6) is 0 Å². The number of ether oxygens (including phenoxy) is 2. The van der Waals surface area contributed by atoms with E-state index in [1.165, 1.54) is 57.8 Å². The molecular weight excluding hydrogens is 376 g/mol. The first-order valence-electron chi connectivity index (χ1n) is 11.2. The van der Waals surface area contributed by atoms with Crippen LogP contribution < -0.4 is 0 Å². The number of unbranched alkanes of at least 4 members (excludes halogenated alkanes) is 11. The normalized spacial score (nSPS) is 18.8. The molecule has 0 saturated heterocycles. The highest BCUT2D eigenvalue weighted by molar-refractivity contribution is 5.89. The van der Waals surface area contributed by atoms with Crippen LogP contribution in [0.15, 0.2) is 11.5 Å². The summed E-state index contributed by atoms with van der Waals surface area (Å²) in [6.07, 6.45) is 12.2. The highest BCUT2D eigenvalue weighted by atomic mass is 16.6. The van der Waals surface area contributed by atoms with Crippen LogP contribution in [-0.4, -0.2) is 57.9 Å². The second-order valence-corrected chi connectivity index (χ2v) is 7.93. The fourth-order valence-corrected chi connectivity index (χ4v) is 3.45. The fraction of sp³-hybridized carbons (Fsp3) is 0.864. The Kier molecular flexibility index (Phi) is 13.8. The third kappa shape index (κ3) is 10.3. The van der Waals surface area contributed by atoms with E-state index in [-0.39, 0.29) is 12.4 Å². The first-order valence-corrected chi connectivity index (χ1v) is 11.2. The predicted molar refractivity (Wildman–Crippen MR) is 110 cm³/mol. The van der Waals surface area contributed by atoms with Gasteiger partial charge in [0.2, 0.25) is 5.76 Å². The molecule has 0 amide bonds. The summed E-state index contributed by atoms with van der Waals surface area (Å²) in [6, 6.07) is 0. The Labute approximate surface area is 174 Å². The minimum atomic E-state index is -1.38. The number of aliphatic hydroxyl groups excluding tert-OH is 4. The molecule has 0 aromatic carbocycles. The van der Waals surface area contributed by atoms with Crippen LogP contribution in [-0.2, 0) is 14.3 Å². The van der Waals surface area contributed by atoms with Gasteiger partial charge in [-0.2, -0.15) is 0 Å². The molecule has 0 aromatic heterocycles. The molecule has 7 heteroatoms. The molecular formula is C22H40O7. The van der Waals surface area contributed by atoms with Gasteiger partial charge in [0.15, 0.2) is 11.9 Å². The van der Waals surface area contributed by atoms with Gasteiger partial charge in [-0.1, -0.05) is 84.0 Å². The van der Waals surface area contributed by atoms with Crippen molar-refractivity contribution in [2.75, 3.05) is 13.2 Å². The molecule has 0 spiro atoms. The lowest BCUT2D eigenvalue weighted by Crippen LogP contribution is -2.33. The van der Waals surface area contributed by atoms with E-state index in [0.717, 1.165) is 19.3 Å². The van der Waals surface area contributed by atoms with Crippen LogP contribution >= 0.6 is 0 Å². The number of hydrogen-bond donors (Lipinski definition) is 4. The van der Waals surface area contributed by atoms with Crippen molar-refractivity contribution in [2.45, 2.75) is 109 Å². The first kappa shape index (κ1) is 25.7. The van der Waals surface area contributed by atoms with Crippen LogP contribution in [0.2, 0.25) is 0 Å². The second kappa shape index (κ2) is 15.5. The summed E-state index contributed by atoms with van der Waals surface area (Å²) >= 11 is 0. The molecule has 0 aliphatic carbocycles. The summed E-state index contributed by atoms with van der Waals surface area (Å²) in [5, 5.41) is 38.3. The number of hydrogen-bond acceptors (Lipinski definition) is 7. The van der Waals surface area contributed by atoms with Crippen molar-refractivity contribution in [2.24, 2.45) is 0 Å². The van der Waals surface area contributed by atoms with Gasteiger partial charge < -0.3 is 29.9 Å². The number of esters is 1. The molecule has 170 valence electrons. The van der Waals surface area contributed by atoms with Gasteiger partial charge in [0.1, 0.15) is 12.7 Å². The minimum absolute atomic E-state index is 0.108. The van der Waals surface area contributed by atoms with E-state index in [9.17, 15) is 20.1 Å². The molecule has 1 unspecified atom stereocenters. The quantitative estimate of drug-likeness (QED) is 0.200. The van der Waals surface area contributed by atoms with E-state index in [4.69, 9.17) is 14.6 Å². The van der Waals surface area contributed by atoms with Crippen molar-refractivity contribution in [1.29, 1.82) is 0 Å². The zero-order valence-corrected chi connectivity index (χ0v) is 17.9. The van der Waals surface area contributed by atoms with Crippen LogP contribution in [0.1, 0.15) is 90.4 Å². The summed E-state index contributed by atoms with van der Waals surface area (Å²) in [5.41, 5.74) is 0. The zero-order valence-electron chi connectivity index (χ0n) is 17.9. The van der Waals surface area contributed by atoms with E-state index in [2.05, 4.69) is 6.92 Å². The molecule has 0 bridgehead atoms. The Morgan fingerprint density at radius 3 is 1.97 bits per heavy atom. The van der Waals surface area contributed by atoms with Gasteiger partial charge in [-0.05, 0) is 6.42 Å². The highest BCUT2D eigenvalue weighted by Gasteiger charge is 2.40. The lowest BCUT2D eigenvalue weighted by Gasteiger charge is -2.19. The Balaban J connectivity index is 2.05. The van der Waals surface area contributed by atoms with Gasteiger partial charge in [0, 0.05) is 0 Å². The molecule has 4 N–H and O–H groups in total. The van der Waals surface area contributed by atoms with Crippen LogP contribution in [0.4, 0.5) is 0 Å². The van der Waals surface area contributed by atoms with Gasteiger partial charge in [-0.15, -0.1) is 0 Å². The number of cyclic esters (lactones) is 1. The second-order valence-electron chi connectivity index (χ2n) is 7.93. The van der Waals surface area contributed by atoms with Crippen molar-refractivity contribution < 1.29 is 34.7 Å². The average molecular weight is 417 g/mol. The lowest BCUT2D eigenvalue weighted by atomic mass is 10.0. The van der Waals surface area contributed by atoms with Gasteiger partial charge in [-0.25, -0.2) is 4.79 Å². The average Bonchev–Trinajstić information content (AvgIpc) is 3.00. The lowest BCUT2D eigenvalue weighted by molar-refractivity contribution is -0.148. The largest absolute Gasteiger partial charge is 0.499 e. The Bertz CT molecular complexity index is 478. The fourth-order valence-electron chi connectivity index (χ4n) is 3.45. The third-order valence-corrected chi connectivity index (χ3v) is 5.28. The van der Waals surface area contributed by atoms with E-state index >= 15 is 0 Å². The topological polar surface area (TPSA) is 116 Å². The molecule has 1 rings (SSSR count). The molecule has 7 nitrogen and oxygen atoms in total. The molecule has 0 fully saturated rings. The summed E-state index contributed by atoms with van der Waals surface area (Å²) < 4.78 is 10.1. The van der Waals surface area contributed by atoms with Crippen LogP contribution in [0.25, 0.3) is 0 Å². The van der Waals surface area contributed by atoms with Crippen molar-refractivity contribution in [1.82, 2.24) is 0 Å². The molecule has 3 atom stereocenters. The zero-order chi connectivity index (χ0) is 21.5. The molecule has 1 aliphatic heterocycles. The van der Waals surface area contributed by atoms with Gasteiger partial charge >= 0.3 is 5.97 Å². The van der Waals surface area contributed by atoms with Crippen molar-refractivity contribution in [3.05, 3.63) is 11.5 Å². The van der Waals surface area contributed by atoms with E-state index < -0.39 is 36.6 Å². The molecule has 0 radical (unpaired) electrons. The van der Waals surface area contributed by atoms with E-state index in [0.29, 0.717) is 6.42 Å². The van der Waals surface area contributed by atoms with Gasteiger partial charge in [0.05, 0.1) is 12.7 Å². The monoisotopic (exact) mass is 416 g/mol. The molecule has 0 saturated carbocycles. The summed E-state index contributed by atoms with van der Waals surface area (Å²) in [7, 11) is 0. The number of rotatable bonds is 18. The maximum atomic E-state index is 11.4.